The van der Waals surface area contributed by atoms with E-state index in [2.05, 4.69) is 12.1 Å². The zero-order valence-corrected chi connectivity index (χ0v) is 18.1. The Bertz CT molecular complexity index is 893. The average molecular weight is 424 g/mol. The Hall–Kier alpha value is -2.90. The number of hydrogen-bond donors (Lipinski definition) is 0. The summed E-state index contributed by atoms with van der Waals surface area (Å²) in [6, 6.07) is 11.7. The minimum Gasteiger partial charge on any atom is -0.469 e. The normalized spacial score (nSPS) is 23.9. The molecule has 0 spiro atoms. The van der Waals surface area contributed by atoms with Gasteiger partial charge in [0.25, 0.3) is 0 Å². The van der Waals surface area contributed by atoms with Gasteiger partial charge in [-0.2, -0.15) is 10.5 Å². The minimum absolute atomic E-state index is 0.105. The fourth-order valence-corrected chi connectivity index (χ4v) is 4.95. The lowest BCUT2D eigenvalue weighted by Crippen LogP contribution is -2.45. The Morgan fingerprint density at radius 2 is 1.84 bits per heavy atom. The van der Waals surface area contributed by atoms with Gasteiger partial charge >= 0.3 is 11.9 Å². The van der Waals surface area contributed by atoms with Crippen LogP contribution in [0, 0.1) is 33.5 Å². The summed E-state index contributed by atoms with van der Waals surface area (Å²) in [5.41, 5.74) is -0.965. The summed E-state index contributed by atoms with van der Waals surface area (Å²) in [5.74, 6) is -0.897. The molecule has 1 aromatic carbocycles. The highest BCUT2D eigenvalue weighted by molar-refractivity contribution is 5.78. The zero-order chi connectivity index (χ0) is 22.5. The number of esters is 2. The number of hydrogen-bond acceptors (Lipinski definition) is 7. The van der Waals surface area contributed by atoms with Crippen molar-refractivity contribution in [3.63, 3.8) is 0 Å². The van der Waals surface area contributed by atoms with Gasteiger partial charge < -0.3 is 14.2 Å². The summed E-state index contributed by atoms with van der Waals surface area (Å²) in [6.45, 7) is 1.88. The molecule has 0 aromatic heterocycles. The Kier molecular flexibility index (Phi) is 6.97. The highest BCUT2D eigenvalue weighted by atomic mass is 16.5. The topological polar surface area (TPSA) is 109 Å². The molecule has 1 aliphatic heterocycles. The zero-order valence-electron chi connectivity index (χ0n) is 18.1. The quantitative estimate of drug-likeness (QED) is 0.662. The van der Waals surface area contributed by atoms with Gasteiger partial charge in [-0.25, -0.2) is 0 Å². The molecule has 7 nitrogen and oxygen atoms in total. The average Bonchev–Trinajstić information content (AvgIpc) is 2.94. The molecular formula is C24H28N2O5. The van der Waals surface area contributed by atoms with Crippen LogP contribution in [-0.2, 0) is 30.2 Å². The molecule has 1 aliphatic carbocycles. The Morgan fingerprint density at radius 1 is 1.16 bits per heavy atom. The third-order valence-electron chi connectivity index (χ3n) is 6.55. The predicted octanol–water partition coefficient (Wildman–Crippen LogP) is 3.78. The maximum atomic E-state index is 13.1. The second kappa shape index (κ2) is 9.49. The van der Waals surface area contributed by atoms with Crippen LogP contribution < -0.4 is 0 Å². The Labute approximate surface area is 182 Å². The van der Waals surface area contributed by atoms with Crippen molar-refractivity contribution in [1.29, 1.82) is 10.5 Å². The van der Waals surface area contributed by atoms with Gasteiger partial charge in [-0.1, -0.05) is 43.5 Å². The van der Waals surface area contributed by atoms with Crippen LogP contribution in [0.15, 0.2) is 24.3 Å². The van der Waals surface area contributed by atoms with E-state index in [1.807, 2.05) is 24.3 Å². The van der Waals surface area contributed by atoms with Crippen LogP contribution in [0.3, 0.4) is 0 Å². The third-order valence-corrected chi connectivity index (χ3v) is 6.55. The van der Waals surface area contributed by atoms with E-state index in [9.17, 15) is 20.1 Å². The number of carbonyl (C=O) groups excluding carboxylic acids is 2. The van der Waals surface area contributed by atoms with Crippen LogP contribution in [-0.4, -0.2) is 31.8 Å². The molecule has 2 atom stereocenters. The van der Waals surface area contributed by atoms with E-state index in [1.54, 1.807) is 6.92 Å². The lowest BCUT2D eigenvalue weighted by atomic mass is 9.67. The van der Waals surface area contributed by atoms with E-state index in [4.69, 9.17) is 14.2 Å². The fraction of sp³-hybridized carbons (Fsp3) is 0.583. The molecule has 1 aromatic rings. The van der Waals surface area contributed by atoms with E-state index >= 15 is 0 Å². The summed E-state index contributed by atoms with van der Waals surface area (Å²) < 4.78 is 16.8. The van der Waals surface area contributed by atoms with Crippen LogP contribution in [0.2, 0.25) is 0 Å². The molecule has 164 valence electrons. The van der Waals surface area contributed by atoms with Gasteiger partial charge in [0.05, 0.1) is 43.8 Å². The fourth-order valence-electron chi connectivity index (χ4n) is 4.95. The minimum atomic E-state index is -1.58. The van der Waals surface area contributed by atoms with E-state index in [-0.39, 0.29) is 25.4 Å². The van der Waals surface area contributed by atoms with Gasteiger partial charge in [0.15, 0.2) is 5.41 Å². The predicted molar refractivity (Wildman–Crippen MR) is 110 cm³/mol. The SMILES string of the molecule is CCOC(=O)C[C@H]1O[C@@H](C2(C(=O)OC)CCCCC2)c2ccccc2CC1(C#N)C#N. The van der Waals surface area contributed by atoms with Crippen LogP contribution >= 0.6 is 0 Å². The van der Waals surface area contributed by atoms with Gasteiger partial charge in [0.2, 0.25) is 0 Å². The van der Waals surface area contributed by atoms with Gasteiger partial charge in [0, 0.05) is 6.42 Å². The van der Waals surface area contributed by atoms with Crippen molar-refractivity contribution >= 4 is 11.9 Å². The first-order valence-corrected chi connectivity index (χ1v) is 10.8. The number of nitrogens with zero attached hydrogens (tertiary/aromatic N) is 2. The highest BCUT2D eigenvalue weighted by Crippen LogP contribution is 2.53. The summed E-state index contributed by atoms with van der Waals surface area (Å²) in [5, 5.41) is 20.1. The van der Waals surface area contributed by atoms with Crippen molar-refractivity contribution in [2.75, 3.05) is 13.7 Å². The molecule has 31 heavy (non-hydrogen) atoms. The van der Waals surface area contributed by atoms with Crippen LogP contribution in [0.4, 0.5) is 0 Å². The number of methoxy groups -OCH3 is 1. The molecule has 2 aliphatic rings. The molecule has 0 saturated heterocycles. The van der Waals surface area contributed by atoms with Gasteiger partial charge in [-0.15, -0.1) is 0 Å². The number of benzene rings is 1. The molecular weight excluding hydrogens is 396 g/mol. The molecule has 1 saturated carbocycles. The van der Waals surface area contributed by atoms with Crippen molar-refractivity contribution in [1.82, 2.24) is 0 Å². The largest absolute Gasteiger partial charge is 0.469 e. The summed E-state index contributed by atoms with van der Waals surface area (Å²) >= 11 is 0. The van der Waals surface area contributed by atoms with Crippen LogP contribution in [0.1, 0.15) is 62.7 Å². The molecule has 0 radical (unpaired) electrons. The first-order valence-electron chi connectivity index (χ1n) is 10.8. The van der Waals surface area contributed by atoms with Crippen LogP contribution in [0.25, 0.3) is 0 Å². The van der Waals surface area contributed by atoms with Crippen LogP contribution in [0.5, 0.6) is 0 Å². The third kappa shape index (κ3) is 4.16. The molecule has 7 heteroatoms. The summed E-state index contributed by atoms with van der Waals surface area (Å²) in [7, 11) is 1.37. The van der Waals surface area contributed by atoms with Gasteiger partial charge in [-0.3, -0.25) is 9.59 Å². The molecule has 1 heterocycles. The van der Waals surface area contributed by atoms with Crippen molar-refractivity contribution < 1.29 is 23.8 Å². The lowest BCUT2D eigenvalue weighted by Gasteiger charge is -2.42. The lowest BCUT2D eigenvalue weighted by molar-refractivity contribution is -0.179. The van der Waals surface area contributed by atoms with Crippen molar-refractivity contribution in [3.8, 4) is 12.1 Å². The standard InChI is InChI=1S/C24H28N2O5/c1-3-30-20(27)13-19-23(15-25,16-26)14-17-9-5-6-10-18(17)21(31-19)24(22(28)29-2)11-7-4-8-12-24/h5-6,9-10,19,21H,3-4,7-8,11-14H2,1-2H3/t19-,21-/m1/s1. The van der Waals surface area contributed by atoms with Crippen molar-refractivity contribution in [3.05, 3.63) is 35.4 Å². The van der Waals surface area contributed by atoms with E-state index in [0.717, 1.165) is 30.4 Å². The number of rotatable bonds is 5. The second-order valence-corrected chi connectivity index (χ2v) is 8.29. The number of ether oxygens (including phenoxy) is 3. The Morgan fingerprint density at radius 3 is 2.45 bits per heavy atom. The first-order chi connectivity index (χ1) is 15.0. The maximum absolute atomic E-state index is 13.1. The molecule has 0 N–H and O–H groups in total. The molecule has 3 rings (SSSR count). The number of carbonyl (C=O) groups is 2. The van der Waals surface area contributed by atoms with E-state index in [0.29, 0.717) is 12.8 Å². The number of nitriles is 2. The van der Waals surface area contributed by atoms with Crippen molar-refractivity contribution in [2.45, 2.75) is 64.1 Å². The molecule has 0 bridgehead atoms. The van der Waals surface area contributed by atoms with Gasteiger partial charge in [0.1, 0.15) is 6.10 Å². The monoisotopic (exact) mass is 424 g/mol. The summed E-state index contributed by atoms with van der Waals surface area (Å²) in [4.78, 5) is 25.5. The van der Waals surface area contributed by atoms with E-state index in [1.165, 1.54) is 7.11 Å². The van der Waals surface area contributed by atoms with E-state index < -0.39 is 29.0 Å². The maximum Gasteiger partial charge on any atom is 0.314 e. The summed E-state index contributed by atoms with van der Waals surface area (Å²) in [6.07, 6.45) is 1.97. The van der Waals surface area contributed by atoms with Crippen molar-refractivity contribution in [2.24, 2.45) is 10.8 Å². The molecule has 1 fully saturated rings. The molecule has 0 unspecified atom stereocenters. The number of fused-ring (bicyclic) bond motifs is 1. The second-order valence-electron chi connectivity index (χ2n) is 8.29. The van der Waals surface area contributed by atoms with Gasteiger partial charge in [-0.05, 0) is 30.9 Å². The smallest absolute Gasteiger partial charge is 0.314 e. The Balaban J connectivity index is 2.16. The highest BCUT2D eigenvalue weighted by Gasteiger charge is 2.55. The first kappa shape index (κ1) is 22.8. The molecule has 0 amide bonds.